The van der Waals surface area contributed by atoms with Gasteiger partial charge in [-0.2, -0.15) is 0 Å². The van der Waals surface area contributed by atoms with Crippen molar-refractivity contribution in [2.24, 2.45) is 0 Å². The van der Waals surface area contributed by atoms with Gasteiger partial charge in [0.15, 0.2) is 36.5 Å². The highest BCUT2D eigenvalue weighted by molar-refractivity contribution is 5.87. The zero-order chi connectivity index (χ0) is 32.7. The minimum absolute atomic E-state index is 0.0263. The zero-order valence-corrected chi connectivity index (χ0v) is 24.7. The number of carbonyl (C=O) groups is 2. The summed E-state index contributed by atoms with van der Waals surface area (Å²) in [6, 6.07) is 8.90. The minimum Gasteiger partial charge on any atom is -0.507 e. The molecule has 2 saturated heterocycles. The average molecular weight is 635 g/mol. The Bertz CT molecular complexity index is 1330. The fourth-order valence-electron chi connectivity index (χ4n) is 4.97. The van der Waals surface area contributed by atoms with Gasteiger partial charge < -0.3 is 59.1 Å². The zero-order valence-electron chi connectivity index (χ0n) is 24.7. The first-order chi connectivity index (χ1) is 21.5. The largest absolute Gasteiger partial charge is 0.507 e. The van der Waals surface area contributed by atoms with Crippen LogP contribution < -0.4 is 4.74 Å². The maximum atomic E-state index is 12.9. The molecular formula is C31H38O14. The van der Waals surface area contributed by atoms with E-state index < -0.39 is 67.9 Å². The second-order valence-electron chi connectivity index (χ2n) is 10.7. The number of phenolic OH excluding ortho intramolecular Hbond substituents is 2. The lowest BCUT2D eigenvalue weighted by atomic mass is 9.97. The molecule has 2 aromatic rings. The van der Waals surface area contributed by atoms with Gasteiger partial charge >= 0.3 is 5.97 Å². The van der Waals surface area contributed by atoms with Crippen LogP contribution >= 0.6 is 0 Å². The average Bonchev–Trinajstić information content (AvgIpc) is 3.02. The van der Waals surface area contributed by atoms with E-state index in [-0.39, 0.29) is 42.3 Å². The lowest BCUT2D eigenvalue weighted by molar-refractivity contribution is -0.348. The number of aldehydes is 1. The number of hydrogen-bond acceptors (Lipinski definition) is 14. The van der Waals surface area contributed by atoms with Crippen molar-refractivity contribution in [3.63, 3.8) is 0 Å². The Kier molecular flexibility index (Phi) is 11.9. The van der Waals surface area contributed by atoms with Gasteiger partial charge in [0.05, 0.1) is 38.1 Å². The Hall–Kier alpha value is -3.60. The molecule has 6 N–H and O–H groups in total. The number of esters is 1. The number of ether oxygens (including phenoxy) is 6. The number of carbonyl (C=O) groups excluding carboxylic acids is 2. The first-order valence-corrected chi connectivity index (χ1v) is 14.3. The number of rotatable bonds is 12. The normalized spacial score (nSPS) is 30.2. The van der Waals surface area contributed by atoms with Crippen molar-refractivity contribution >= 4 is 18.3 Å². The molecule has 2 aromatic carbocycles. The van der Waals surface area contributed by atoms with Crippen molar-refractivity contribution in [1.82, 2.24) is 0 Å². The van der Waals surface area contributed by atoms with E-state index in [4.69, 9.17) is 28.4 Å². The summed E-state index contributed by atoms with van der Waals surface area (Å²) in [7, 11) is 1.38. The van der Waals surface area contributed by atoms with Gasteiger partial charge in [-0.15, -0.1) is 0 Å². The van der Waals surface area contributed by atoms with E-state index in [0.29, 0.717) is 17.4 Å². The summed E-state index contributed by atoms with van der Waals surface area (Å²) in [4.78, 5) is 23.9. The molecule has 0 radical (unpaired) electrons. The molecule has 2 fully saturated rings. The van der Waals surface area contributed by atoms with Crippen LogP contribution in [0.5, 0.6) is 17.2 Å². The fraction of sp³-hybridized carbons (Fsp3) is 0.484. The summed E-state index contributed by atoms with van der Waals surface area (Å²) in [5, 5.41) is 61.8. The molecular weight excluding hydrogens is 596 g/mol. The van der Waals surface area contributed by atoms with E-state index in [1.165, 1.54) is 43.5 Å². The molecule has 0 amide bonds. The van der Waals surface area contributed by atoms with Gasteiger partial charge in [0.2, 0.25) is 0 Å². The maximum absolute atomic E-state index is 12.9. The third-order valence-electron chi connectivity index (χ3n) is 7.54. The Morgan fingerprint density at radius 1 is 1.00 bits per heavy atom. The van der Waals surface area contributed by atoms with Gasteiger partial charge in [-0.1, -0.05) is 12.1 Å². The molecule has 9 unspecified atom stereocenters. The van der Waals surface area contributed by atoms with Gasteiger partial charge in [0, 0.05) is 12.5 Å². The Morgan fingerprint density at radius 2 is 1.78 bits per heavy atom. The van der Waals surface area contributed by atoms with Crippen LogP contribution in [-0.4, -0.2) is 119 Å². The molecule has 2 heterocycles. The third-order valence-corrected chi connectivity index (χ3v) is 7.54. The molecule has 0 aromatic heterocycles. The first kappa shape index (κ1) is 34.3. The number of benzene rings is 2. The molecule has 45 heavy (non-hydrogen) atoms. The minimum atomic E-state index is -1.61. The smallest absolute Gasteiger partial charge is 0.331 e. The summed E-state index contributed by atoms with van der Waals surface area (Å²) in [6.07, 6.45) is -8.18. The lowest BCUT2D eigenvalue weighted by Gasteiger charge is -2.45. The predicted octanol–water partition coefficient (Wildman–Crippen LogP) is 0.423. The van der Waals surface area contributed by atoms with Crippen LogP contribution in [0.4, 0.5) is 0 Å². The van der Waals surface area contributed by atoms with Gasteiger partial charge in [-0.3, -0.25) is 4.79 Å². The van der Waals surface area contributed by atoms with Gasteiger partial charge in [-0.05, 0) is 54.8 Å². The molecule has 14 heteroatoms. The Balaban J connectivity index is 1.50. The topological polar surface area (TPSA) is 211 Å². The molecule has 246 valence electrons. The van der Waals surface area contributed by atoms with Crippen molar-refractivity contribution in [3.05, 3.63) is 59.2 Å². The summed E-state index contributed by atoms with van der Waals surface area (Å²) >= 11 is 0. The number of aromatic hydroxyl groups is 2. The van der Waals surface area contributed by atoms with E-state index in [1.54, 1.807) is 13.0 Å². The second kappa shape index (κ2) is 15.6. The monoisotopic (exact) mass is 634 g/mol. The highest BCUT2D eigenvalue weighted by Gasteiger charge is 2.51. The van der Waals surface area contributed by atoms with Crippen LogP contribution in [0.3, 0.4) is 0 Å². The predicted molar refractivity (Wildman–Crippen MR) is 154 cm³/mol. The molecule has 0 spiro atoms. The summed E-state index contributed by atoms with van der Waals surface area (Å²) in [5.41, 5.74) is 1.26. The highest BCUT2D eigenvalue weighted by Crippen LogP contribution is 2.32. The molecule has 9 atom stereocenters. The molecule has 0 aliphatic carbocycles. The quantitative estimate of drug-likeness (QED) is 0.106. The number of aliphatic hydroxyl groups is 4. The van der Waals surface area contributed by atoms with Crippen LogP contribution in [0.15, 0.2) is 42.5 Å². The van der Waals surface area contributed by atoms with E-state index in [1.807, 2.05) is 0 Å². The summed E-state index contributed by atoms with van der Waals surface area (Å²) in [6.45, 7) is 0.880. The molecule has 4 rings (SSSR count). The van der Waals surface area contributed by atoms with Gasteiger partial charge in [-0.25, -0.2) is 4.79 Å². The van der Waals surface area contributed by atoms with Crippen LogP contribution in [0.25, 0.3) is 6.08 Å². The summed E-state index contributed by atoms with van der Waals surface area (Å²) in [5.74, 6) is -0.981. The van der Waals surface area contributed by atoms with Crippen molar-refractivity contribution in [1.29, 1.82) is 0 Å². The number of hydrogen-bond donors (Lipinski definition) is 6. The van der Waals surface area contributed by atoms with Crippen LogP contribution in [0.2, 0.25) is 0 Å². The molecule has 0 bridgehead atoms. The van der Waals surface area contributed by atoms with Gasteiger partial charge in [0.25, 0.3) is 0 Å². The molecule has 2 aliphatic heterocycles. The molecule has 2 aliphatic rings. The van der Waals surface area contributed by atoms with Crippen molar-refractivity contribution in [2.75, 3.05) is 20.3 Å². The first-order valence-electron chi connectivity index (χ1n) is 14.3. The van der Waals surface area contributed by atoms with E-state index >= 15 is 0 Å². The second-order valence-corrected chi connectivity index (χ2v) is 10.7. The van der Waals surface area contributed by atoms with Crippen molar-refractivity contribution in [2.45, 2.75) is 75.1 Å². The Morgan fingerprint density at radius 3 is 2.47 bits per heavy atom. The fourth-order valence-corrected chi connectivity index (χ4v) is 4.97. The van der Waals surface area contributed by atoms with Crippen molar-refractivity contribution in [3.8, 4) is 17.2 Å². The van der Waals surface area contributed by atoms with Crippen LogP contribution in [0.1, 0.15) is 34.8 Å². The Labute approximate surface area is 258 Å². The highest BCUT2D eigenvalue weighted by atomic mass is 16.7. The molecule has 14 nitrogen and oxygen atoms in total. The lowest BCUT2D eigenvalue weighted by Crippen LogP contribution is -2.63. The number of aliphatic hydroxyl groups excluding tert-OH is 4. The van der Waals surface area contributed by atoms with Gasteiger partial charge in [0.1, 0.15) is 30.2 Å². The molecule has 0 saturated carbocycles. The van der Waals surface area contributed by atoms with Crippen molar-refractivity contribution < 1.29 is 68.6 Å². The van der Waals surface area contributed by atoms with Crippen LogP contribution in [-0.2, 0) is 34.9 Å². The number of methoxy groups -OCH3 is 1. The maximum Gasteiger partial charge on any atom is 0.331 e. The SMILES string of the molecule is COc1cc(C=CC(=O)OC2C(CO)OC(OCCc3ccc(C=O)c(O)c3)C(O)C2OC2OC(C)C(O)CC2O)ccc1O. The van der Waals surface area contributed by atoms with E-state index in [0.717, 1.165) is 6.08 Å². The van der Waals surface area contributed by atoms with E-state index in [9.17, 15) is 40.2 Å². The third kappa shape index (κ3) is 8.56. The van der Waals surface area contributed by atoms with E-state index in [2.05, 4.69) is 0 Å². The summed E-state index contributed by atoms with van der Waals surface area (Å²) < 4.78 is 33.7. The van der Waals surface area contributed by atoms with Crippen LogP contribution in [0, 0.1) is 0 Å². The number of phenols is 2. The standard InChI is InChI=1S/C31H38O14/c1-16-21(35)13-23(37)30(42-16)45-29-27(39)31(41-10-9-18-3-6-19(14-32)22(36)11-18)43-25(15-33)28(29)44-26(38)8-5-17-4-7-20(34)24(12-17)40-2/h3-8,11-12,14,16,21,23,25,27-31,33-37,39H,9-10,13,15H2,1-2H3.